The molecule has 2 aromatic carbocycles. The summed E-state index contributed by atoms with van der Waals surface area (Å²) in [6.07, 6.45) is 0.232. The molecule has 0 bridgehead atoms. The number of fused-ring (bicyclic) bond motifs is 1. The minimum atomic E-state index is -0.152. The lowest BCUT2D eigenvalue weighted by Gasteiger charge is -2.16. The van der Waals surface area contributed by atoms with Crippen molar-refractivity contribution in [3.8, 4) is 11.5 Å². The largest absolute Gasteiger partial charge is 0.493 e. The molecular weight excluding hydrogens is 332 g/mol. The van der Waals surface area contributed by atoms with Gasteiger partial charge in [0.25, 0.3) is 5.91 Å². The maximum absolute atomic E-state index is 12.3. The molecule has 0 unspecified atom stereocenters. The van der Waals surface area contributed by atoms with Gasteiger partial charge >= 0.3 is 0 Å². The van der Waals surface area contributed by atoms with Crippen molar-refractivity contribution in [1.29, 1.82) is 0 Å². The molecule has 0 saturated carbocycles. The van der Waals surface area contributed by atoms with Crippen LogP contribution in [-0.2, 0) is 11.3 Å². The molecule has 26 heavy (non-hydrogen) atoms. The van der Waals surface area contributed by atoms with E-state index in [9.17, 15) is 9.59 Å². The van der Waals surface area contributed by atoms with E-state index in [1.54, 1.807) is 30.2 Å². The van der Waals surface area contributed by atoms with Crippen molar-refractivity contribution in [2.24, 2.45) is 0 Å². The highest BCUT2D eigenvalue weighted by Gasteiger charge is 2.26. The van der Waals surface area contributed by atoms with E-state index < -0.39 is 0 Å². The van der Waals surface area contributed by atoms with Gasteiger partial charge in [0, 0.05) is 36.8 Å². The molecule has 136 valence electrons. The Morgan fingerprint density at radius 2 is 2.00 bits per heavy atom. The second-order valence-electron chi connectivity index (χ2n) is 5.98. The smallest absolute Gasteiger partial charge is 0.254 e. The summed E-state index contributed by atoms with van der Waals surface area (Å²) in [5.41, 5.74) is 2.37. The van der Waals surface area contributed by atoms with Gasteiger partial charge in [0.05, 0.1) is 13.7 Å². The second-order valence-corrected chi connectivity index (χ2v) is 5.98. The maximum atomic E-state index is 12.3. The standard InChI is InChI=1S/C20H22N2O4/c1-3-26-18-12-15(8-9-17(18)25-2)21-19(23)10-11-22-13-14-6-4-5-7-16(14)20(22)24/h4-9,12H,3,10-11,13H2,1-2H3,(H,21,23). The molecule has 6 heteroatoms. The average molecular weight is 354 g/mol. The van der Waals surface area contributed by atoms with Gasteiger partial charge in [0.1, 0.15) is 0 Å². The van der Waals surface area contributed by atoms with Gasteiger partial charge in [-0.2, -0.15) is 0 Å². The van der Waals surface area contributed by atoms with Crippen molar-refractivity contribution < 1.29 is 19.1 Å². The Bertz CT molecular complexity index is 819. The molecule has 1 N–H and O–H groups in total. The molecule has 1 heterocycles. The van der Waals surface area contributed by atoms with Crippen LogP contribution in [0.3, 0.4) is 0 Å². The van der Waals surface area contributed by atoms with E-state index in [2.05, 4.69) is 5.32 Å². The number of carbonyl (C=O) groups excluding carboxylic acids is 2. The Kier molecular flexibility index (Phi) is 5.41. The number of rotatable bonds is 7. The number of hydrogen-bond acceptors (Lipinski definition) is 4. The number of methoxy groups -OCH3 is 1. The first-order valence-electron chi connectivity index (χ1n) is 8.60. The quantitative estimate of drug-likeness (QED) is 0.830. The topological polar surface area (TPSA) is 67.9 Å². The first-order valence-corrected chi connectivity index (χ1v) is 8.60. The van der Waals surface area contributed by atoms with Gasteiger partial charge in [-0.3, -0.25) is 9.59 Å². The number of anilines is 1. The number of carbonyl (C=O) groups is 2. The molecule has 2 amide bonds. The molecule has 3 rings (SSSR count). The van der Waals surface area contributed by atoms with E-state index in [-0.39, 0.29) is 18.2 Å². The van der Waals surface area contributed by atoms with Crippen LogP contribution in [0.4, 0.5) is 5.69 Å². The van der Waals surface area contributed by atoms with E-state index in [1.165, 1.54) is 0 Å². The normalized spacial score (nSPS) is 12.7. The second kappa shape index (κ2) is 7.91. The van der Waals surface area contributed by atoms with Crippen LogP contribution in [-0.4, -0.2) is 37.0 Å². The van der Waals surface area contributed by atoms with E-state index in [1.807, 2.05) is 31.2 Å². The van der Waals surface area contributed by atoms with Gasteiger partial charge in [0.2, 0.25) is 5.91 Å². The van der Waals surface area contributed by atoms with Gasteiger partial charge in [-0.25, -0.2) is 0 Å². The molecule has 0 aliphatic carbocycles. The van der Waals surface area contributed by atoms with Crippen LogP contribution in [0.25, 0.3) is 0 Å². The zero-order valence-electron chi connectivity index (χ0n) is 15.0. The Balaban J connectivity index is 1.57. The zero-order chi connectivity index (χ0) is 18.5. The molecule has 0 radical (unpaired) electrons. The van der Waals surface area contributed by atoms with Crippen LogP contribution in [0.15, 0.2) is 42.5 Å². The van der Waals surface area contributed by atoms with Crippen LogP contribution in [0.2, 0.25) is 0 Å². The van der Waals surface area contributed by atoms with Gasteiger partial charge in [0.15, 0.2) is 11.5 Å². The van der Waals surface area contributed by atoms with Crippen molar-refractivity contribution in [3.05, 3.63) is 53.6 Å². The van der Waals surface area contributed by atoms with Crippen molar-refractivity contribution in [3.63, 3.8) is 0 Å². The highest BCUT2D eigenvalue weighted by atomic mass is 16.5. The highest BCUT2D eigenvalue weighted by molar-refractivity contribution is 5.98. The summed E-state index contributed by atoms with van der Waals surface area (Å²) in [5.74, 6) is 1.03. The first kappa shape index (κ1) is 17.8. The predicted molar refractivity (Wildman–Crippen MR) is 98.6 cm³/mol. The van der Waals surface area contributed by atoms with Gasteiger partial charge in [-0.15, -0.1) is 0 Å². The summed E-state index contributed by atoms with van der Waals surface area (Å²) >= 11 is 0. The van der Waals surface area contributed by atoms with E-state index in [0.29, 0.717) is 36.9 Å². The Morgan fingerprint density at radius 1 is 1.19 bits per heavy atom. The highest BCUT2D eigenvalue weighted by Crippen LogP contribution is 2.30. The zero-order valence-corrected chi connectivity index (χ0v) is 15.0. The number of nitrogens with one attached hydrogen (secondary N) is 1. The Morgan fingerprint density at radius 3 is 2.73 bits per heavy atom. The van der Waals surface area contributed by atoms with Gasteiger partial charge < -0.3 is 19.7 Å². The molecule has 0 fully saturated rings. The van der Waals surface area contributed by atoms with Crippen molar-refractivity contribution in [2.45, 2.75) is 19.9 Å². The molecule has 0 atom stereocenters. The van der Waals surface area contributed by atoms with E-state index >= 15 is 0 Å². The molecule has 0 saturated heterocycles. The van der Waals surface area contributed by atoms with Crippen LogP contribution < -0.4 is 14.8 Å². The minimum Gasteiger partial charge on any atom is -0.493 e. The van der Waals surface area contributed by atoms with E-state index in [0.717, 1.165) is 11.1 Å². The summed E-state index contributed by atoms with van der Waals surface area (Å²) in [4.78, 5) is 26.3. The summed E-state index contributed by atoms with van der Waals surface area (Å²) in [5, 5.41) is 2.84. The fraction of sp³-hybridized carbons (Fsp3) is 0.300. The number of ether oxygens (including phenoxy) is 2. The van der Waals surface area contributed by atoms with Crippen molar-refractivity contribution >= 4 is 17.5 Å². The SMILES string of the molecule is CCOc1cc(NC(=O)CCN2Cc3ccccc3C2=O)ccc1OC. The summed E-state index contributed by atoms with van der Waals surface area (Å²) < 4.78 is 10.7. The van der Waals surface area contributed by atoms with Crippen molar-refractivity contribution in [2.75, 3.05) is 25.6 Å². The van der Waals surface area contributed by atoms with Crippen molar-refractivity contribution in [1.82, 2.24) is 4.90 Å². The fourth-order valence-corrected chi connectivity index (χ4v) is 2.98. The predicted octanol–water partition coefficient (Wildman–Crippen LogP) is 3.08. The third kappa shape index (κ3) is 3.79. The maximum Gasteiger partial charge on any atom is 0.254 e. The van der Waals surface area contributed by atoms with Crippen LogP contribution >= 0.6 is 0 Å². The summed E-state index contributed by atoms with van der Waals surface area (Å²) in [6.45, 7) is 3.33. The third-order valence-corrected chi connectivity index (χ3v) is 4.25. The third-order valence-electron chi connectivity index (χ3n) is 4.25. The Hall–Kier alpha value is -3.02. The van der Waals surface area contributed by atoms with Crippen LogP contribution in [0.1, 0.15) is 29.3 Å². The minimum absolute atomic E-state index is 0.0171. The molecule has 2 aromatic rings. The van der Waals surface area contributed by atoms with Crippen LogP contribution in [0, 0.1) is 0 Å². The van der Waals surface area contributed by atoms with E-state index in [4.69, 9.17) is 9.47 Å². The summed E-state index contributed by atoms with van der Waals surface area (Å²) in [7, 11) is 1.57. The molecule has 0 spiro atoms. The number of hydrogen-bond donors (Lipinski definition) is 1. The Labute approximate surface area is 152 Å². The lowest BCUT2D eigenvalue weighted by atomic mass is 10.1. The van der Waals surface area contributed by atoms with Gasteiger partial charge in [-0.05, 0) is 30.7 Å². The lowest BCUT2D eigenvalue weighted by molar-refractivity contribution is -0.116. The van der Waals surface area contributed by atoms with Crippen LogP contribution in [0.5, 0.6) is 11.5 Å². The number of nitrogens with zero attached hydrogens (tertiary/aromatic N) is 1. The fourth-order valence-electron chi connectivity index (χ4n) is 2.98. The average Bonchev–Trinajstić information content (AvgIpc) is 2.97. The molecule has 0 aromatic heterocycles. The van der Waals surface area contributed by atoms with Gasteiger partial charge in [-0.1, -0.05) is 18.2 Å². The lowest BCUT2D eigenvalue weighted by Crippen LogP contribution is -2.28. The number of benzene rings is 2. The molecule has 1 aliphatic heterocycles. The summed E-state index contributed by atoms with van der Waals surface area (Å²) in [6, 6.07) is 12.8. The molecular formula is C20H22N2O4. The monoisotopic (exact) mass is 354 g/mol. The molecule has 6 nitrogen and oxygen atoms in total. The molecule has 1 aliphatic rings. The first-order chi connectivity index (χ1) is 12.6. The number of amides is 2.